The van der Waals surface area contributed by atoms with Gasteiger partial charge in [0.2, 0.25) is 0 Å². The molecule has 2 heterocycles. The van der Waals surface area contributed by atoms with Gasteiger partial charge >= 0.3 is 5.63 Å². The average molecular weight is 353 g/mol. The van der Waals surface area contributed by atoms with Crippen LogP contribution in [-0.4, -0.2) is 0 Å². The lowest BCUT2D eigenvalue weighted by atomic mass is 9.86. The molecule has 0 saturated heterocycles. The number of halogens is 1. The molecule has 0 aliphatic carbocycles. The molecule has 25 heavy (non-hydrogen) atoms. The zero-order chi connectivity index (χ0) is 17.8. The third-order valence-corrected chi connectivity index (χ3v) is 4.59. The number of hydrogen-bond acceptors (Lipinski definition) is 3. The molecule has 0 N–H and O–H groups in total. The van der Waals surface area contributed by atoms with Crippen molar-refractivity contribution in [1.82, 2.24) is 0 Å². The molecule has 2 aromatic heterocycles. The highest BCUT2D eigenvalue weighted by Crippen LogP contribution is 2.35. The molecule has 0 radical (unpaired) electrons. The molecule has 126 valence electrons. The van der Waals surface area contributed by atoms with Gasteiger partial charge in [0, 0.05) is 27.4 Å². The fraction of sp³-hybridized carbons (Fsp3) is 0.190. The van der Waals surface area contributed by atoms with Gasteiger partial charge in [-0.25, -0.2) is 4.79 Å². The molecule has 4 heteroatoms. The van der Waals surface area contributed by atoms with Crippen molar-refractivity contribution in [2.45, 2.75) is 26.2 Å². The summed E-state index contributed by atoms with van der Waals surface area (Å²) < 4.78 is 11.3. The van der Waals surface area contributed by atoms with Gasteiger partial charge in [0.15, 0.2) is 0 Å². The minimum Gasteiger partial charge on any atom is -0.456 e. The van der Waals surface area contributed by atoms with E-state index in [0.29, 0.717) is 16.4 Å². The average Bonchev–Trinajstić information content (AvgIpc) is 2.95. The van der Waals surface area contributed by atoms with Crippen LogP contribution in [0.15, 0.2) is 62.2 Å². The van der Waals surface area contributed by atoms with Gasteiger partial charge in [-0.15, -0.1) is 0 Å². The molecule has 3 nitrogen and oxygen atoms in total. The highest BCUT2D eigenvalue weighted by molar-refractivity contribution is 6.31. The van der Waals surface area contributed by atoms with E-state index >= 15 is 0 Å². The van der Waals surface area contributed by atoms with Gasteiger partial charge in [0.1, 0.15) is 16.9 Å². The number of hydrogen-bond donors (Lipinski definition) is 0. The largest absolute Gasteiger partial charge is 0.456 e. The zero-order valence-corrected chi connectivity index (χ0v) is 15.0. The van der Waals surface area contributed by atoms with E-state index in [-0.39, 0.29) is 5.41 Å². The number of rotatable bonds is 1. The zero-order valence-electron chi connectivity index (χ0n) is 14.2. The minimum absolute atomic E-state index is 0.0109. The van der Waals surface area contributed by atoms with Crippen LogP contribution in [0.1, 0.15) is 26.3 Å². The fourth-order valence-electron chi connectivity index (χ4n) is 2.98. The predicted octanol–water partition coefficient (Wildman–Crippen LogP) is 6.16. The molecule has 0 unspecified atom stereocenters. The van der Waals surface area contributed by atoms with Crippen LogP contribution in [0.4, 0.5) is 0 Å². The third kappa shape index (κ3) is 2.85. The Hall–Kier alpha value is -2.52. The van der Waals surface area contributed by atoms with E-state index in [1.807, 2.05) is 30.3 Å². The van der Waals surface area contributed by atoms with Crippen molar-refractivity contribution in [3.8, 4) is 11.3 Å². The monoisotopic (exact) mass is 352 g/mol. The first-order valence-corrected chi connectivity index (χ1v) is 8.47. The van der Waals surface area contributed by atoms with Crippen LogP contribution in [0, 0.1) is 0 Å². The SMILES string of the molecule is CC(C)(C)c1ccc2oc(=O)cc(-c3cc4cc(Cl)ccc4o3)c2c1. The summed E-state index contributed by atoms with van der Waals surface area (Å²) in [7, 11) is 0. The Morgan fingerprint density at radius 3 is 2.40 bits per heavy atom. The predicted molar refractivity (Wildman–Crippen MR) is 101 cm³/mol. The molecule has 0 spiro atoms. The molecule has 0 saturated carbocycles. The van der Waals surface area contributed by atoms with Gasteiger partial charge in [-0.1, -0.05) is 38.4 Å². The lowest BCUT2D eigenvalue weighted by Gasteiger charge is -2.19. The Labute approximate surface area is 149 Å². The Morgan fingerprint density at radius 2 is 1.64 bits per heavy atom. The van der Waals surface area contributed by atoms with E-state index in [1.165, 1.54) is 6.07 Å². The molecule has 0 fully saturated rings. The maximum Gasteiger partial charge on any atom is 0.336 e. The molecule has 2 aromatic carbocycles. The van der Waals surface area contributed by atoms with Crippen molar-refractivity contribution in [2.24, 2.45) is 0 Å². The van der Waals surface area contributed by atoms with E-state index in [2.05, 4.69) is 26.8 Å². The Bertz CT molecular complexity index is 1160. The topological polar surface area (TPSA) is 43.4 Å². The van der Waals surface area contributed by atoms with Crippen molar-refractivity contribution >= 4 is 33.5 Å². The van der Waals surface area contributed by atoms with Gasteiger partial charge in [0.25, 0.3) is 0 Å². The summed E-state index contributed by atoms with van der Waals surface area (Å²) in [5.41, 5.74) is 2.76. The molecular weight excluding hydrogens is 336 g/mol. The van der Waals surface area contributed by atoms with E-state index in [0.717, 1.165) is 27.5 Å². The highest BCUT2D eigenvalue weighted by Gasteiger charge is 2.18. The standard InChI is InChI=1S/C21H17ClO3/c1-21(2,3)13-4-6-18-15(10-13)16(11-20(23)25-18)19-9-12-8-14(22)5-7-17(12)24-19/h4-11H,1-3H3. The Balaban J connectivity index is 2.02. The van der Waals surface area contributed by atoms with E-state index < -0.39 is 5.63 Å². The van der Waals surface area contributed by atoms with Crippen LogP contribution in [0.2, 0.25) is 5.02 Å². The van der Waals surface area contributed by atoms with Gasteiger partial charge in [0.05, 0.1) is 0 Å². The van der Waals surface area contributed by atoms with Gasteiger partial charge in [-0.2, -0.15) is 0 Å². The summed E-state index contributed by atoms with van der Waals surface area (Å²) >= 11 is 6.06. The summed E-state index contributed by atoms with van der Waals surface area (Å²) in [5.74, 6) is 0.626. The molecule has 0 atom stereocenters. The quantitative estimate of drug-likeness (QED) is 0.385. The van der Waals surface area contributed by atoms with Crippen LogP contribution < -0.4 is 5.63 Å². The maximum absolute atomic E-state index is 12.0. The van der Waals surface area contributed by atoms with Crippen LogP contribution in [0.5, 0.6) is 0 Å². The molecule has 0 amide bonds. The maximum atomic E-state index is 12.0. The number of benzene rings is 2. The van der Waals surface area contributed by atoms with E-state index in [1.54, 1.807) is 6.07 Å². The first-order chi connectivity index (χ1) is 11.8. The van der Waals surface area contributed by atoms with Gasteiger partial charge in [-0.05, 0) is 47.4 Å². The van der Waals surface area contributed by atoms with E-state index in [9.17, 15) is 4.79 Å². The Morgan fingerprint density at radius 1 is 0.880 bits per heavy atom. The summed E-state index contributed by atoms with van der Waals surface area (Å²) in [6.45, 7) is 6.45. The van der Waals surface area contributed by atoms with Crippen LogP contribution in [0.3, 0.4) is 0 Å². The van der Waals surface area contributed by atoms with Crippen molar-refractivity contribution in [3.63, 3.8) is 0 Å². The highest BCUT2D eigenvalue weighted by atomic mass is 35.5. The van der Waals surface area contributed by atoms with Crippen LogP contribution in [-0.2, 0) is 5.41 Å². The molecule has 4 rings (SSSR count). The number of fused-ring (bicyclic) bond motifs is 2. The van der Waals surface area contributed by atoms with Crippen LogP contribution >= 0.6 is 11.6 Å². The van der Waals surface area contributed by atoms with Crippen LogP contribution in [0.25, 0.3) is 33.3 Å². The van der Waals surface area contributed by atoms with Crippen molar-refractivity contribution in [2.75, 3.05) is 0 Å². The molecule has 0 aliphatic heterocycles. The first kappa shape index (κ1) is 16.0. The van der Waals surface area contributed by atoms with E-state index in [4.69, 9.17) is 20.4 Å². The van der Waals surface area contributed by atoms with Crippen molar-refractivity contribution in [1.29, 1.82) is 0 Å². The summed E-state index contributed by atoms with van der Waals surface area (Å²) in [4.78, 5) is 12.0. The Kier molecular flexibility index (Phi) is 3.51. The summed E-state index contributed by atoms with van der Waals surface area (Å²) in [6.07, 6.45) is 0. The molecular formula is C21H17ClO3. The number of furan rings is 1. The lowest BCUT2D eigenvalue weighted by molar-refractivity contribution is 0.557. The lowest BCUT2D eigenvalue weighted by Crippen LogP contribution is -2.11. The smallest absolute Gasteiger partial charge is 0.336 e. The second-order valence-corrected chi connectivity index (χ2v) is 7.67. The fourth-order valence-corrected chi connectivity index (χ4v) is 3.16. The normalized spacial score (nSPS) is 12.2. The first-order valence-electron chi connectivity index (χ1n) is 8.09. The van der Waals surface area contributed by atoms with Gasteiger partial charge in [-0.3, -0.25) is 0 Å². The molecule has 4 aromatic rings. The third-order valence-electron chi connectivity index (χ3n) is 4.35. The van der Waals surface area contributed by atoms with Gasteiger partial charge < -0.3 is 8.83 Å². The summed E-state index contributed by atoms with van der Waals surface area (Å²) in [6, 6.07) is 14.7. The second-order valence-electron chi connectivity index (χ2n) is 7.23. The summed E-state index contributed by atoms with van der Waals surface area (Å²) in [5, 5.41) is 2.40. The molecule has 0 aliphatic rings. The van der Waals surface area contributed by atoms with Crippen molar-refractivity contribution < 1.29 is 8.83 Å². The van der Waals surface area contributed by atoms with Crippen molar-refractivity contribution in [3.05, 3.63) is 69.5 Å². The molecule has 0 bridgehead atoms. The minimum atomic E-state index is -0.399. The second kappa shape index (κ2) is 5.50.